The van der Waals surface area contributed by atoms with Crippen LogP contribution in [0.15, 0.2) is 66.7 Å². The Hall–Kier alpha value is -3.87. The van der Waals surface area contributed by atoms with E-state index in [0.29, 0.717) is 36.4 Å². The summed E-state index contributed by atoms with van der Waals surface area (Å²) in [5, 5.41) is 11.7. The van der Waals surface area contributed by atoms with E-state index in [9.17, 15) is 14.0 Å². The third-order valence-corrected chi connectivity index (χ3v) is 7.21. The normalized spacial score (nSPS) is 19.2. The second-order valence-corrected chi connectivity index (χ2v) is 9.53. The first-order valence-electron chi connectivity index (χ1n) is 12.4. The molecule has 2 amide bonds. The number of carbonyl (C=O) groups excluding carboxylic acids is 1. The van der Waals surface area contributed by atoms with Crippen LogP contribution in [0.4, 0.5) is 20.6 Å². The van der Waals surface area contributed by atoms with Crippen LogP contribution in [-0.2, 0) is 4.79 Å². The second-order valence-electron chi connectivity index (χ2n) is 9.53. The molecule has 0 spiro atoms. The number of halogens is 1. The summed E-state index contributed by atoms with van der Waals surface area (Å²) < 4.78 is 19.8. The van der Waals surface area contributed by atoms with Crippen LogP contribution in [0.1, 0.15) is 43.6 Å². The summed E-state index contributed by atoms with van der Waals surface area (Å²) in [7, 11) is 0. The van der Waals surface area contributed by atoms with E-state index >= 15 is 0 Å². The van der Waals surface area contributed by atoms with E-state index in [1.165, 1.54) is 17.7 Å². The third-order valence-electron chi connectivity index (χ3n) is 7.21. The van der Waals surface area contributed by atoms with Crippen LogP contribution in [0.25, 0.3) is 11.1 Å². The smallest absolute Gasteiger partial charge is 0.326 e. The lowest BCUT2D eigenvalue weighted by Gasteiger charge is -2.30. The highest BCUT2D eigenvalue weighted by atomic mass is 19.1. The first-order chi connectivity index (χ1) is 17.5. The van der Waals surface area contributed by atoms with Gasteiger partial charge in [0.25, 0.3) is 0 Å². The number of hydrogen-bond donors (Lipinski definition) is 2. The monoisotopic (exact) mass is 488 g/mol. The average molecular weight is 489 g/mol. The molecule has 1 fully saturated rings. The van der Waals surface area contributed by atoms with Crippen LogP contribution in [0.2, 0.25) is 0 Å². The van der Waals surface area contributed by atoms with Crippen LogP contribution in [0.3, 0.4) is 0 Å². The van der Waals surface area contributed by atoms with Crippen LogP contribution in [-0.4, -0.2) is 30.3 Å². The number of para-hydroxylation sites is 1. The second kappa shape index (κ2) is 10.4. The van der Waals surface area contributed by atoms with Crippen LogP contribution >= 0.6 is 0 Å². The summed E-state index contributed by atoms with van der Waals surface area (Å²) in [5.74, 6) is 0.194. The fraction of sp³-hybridized carbons (Fsp3) is 0.310. The quantitative estimate of drug-likeness (QED) is 0.420. The summed E-state index contributed by atoms with van der Waals surface area (Å²) in [6.45, 7) is 0.723. The van der Waals surface area contributed by atoms with Gasteiger partial charge in [0, 0.05) is 6.42 Å². The molecule has 1 aliphatic carbocycles. The van der Waals surface area contributed by atoms with Gasteiger partial charge in [0.1, 0.15) is 18.2 Å². The van der Waals surface area contributed by atoms with Crippen molar-refractivity contribution in [1.29, 1.82) is 0 Å². The minimum absolute atomic E-state index is 0.141. The molecule has 2 N–H and O–H groups in total. The van der Waals surface area contributed by atoms with Crippen molar-refractivity contribution in [3.8, 4) is 16.9 Å². The predicted molar refractivity (Wildman–Crippen MR) is 137 cm³/mol. The minimum atomic E-state index is -0.703. The van der Waals surface area contributed by atoms with Crippen LogP contribution in [0.5, 0.6) is 5.75 Å². The van der Waals surface area contributed by atoms with E-state index in [1.807, 2.05) is 18.2 Å². The number of ether oxygens (including phenoxy) is 1. The van der Waals surface area contributed by atoms with Crippen molar-refractivity contribution >= 4 is 23.4 Å². The number of benzene rings is 3. The third kappa shape index (κ3) is 5.20. The zero-order valence-corrected chi connectivity index (χ0v) is 20.0. The van der Waals surface area contributed by atoms with E-state index in [1.54, 1.807) is 17.0 Å². The van der Waals surface area contributed by atoms with Gasteiger partial charge < -0.3 is 15.2 Å². The van der Waals surface area contributed by atoms with Crippen molar-refractivity contribution in [2.45, 2.75) is 38.0 Å². The van der Waals surface area contributed by atoms with E-state index < -0.39 is 17.8 Å². The molecule has 1 heterocycles. The Labute approximate surface area is 209 Å². The number of anilines is 2. The maximum Gasteiger partial charge on any atom is 0.326 e. The highest BCUT2D eigenvalue weighted by Crippen LogP contribution is 2.39. The minimum Gasteiger partial charge on any atom is -0.490 e. The first kappa shape index (κ1) is 23.9. The van der Waals surface area contributed by atoms with Gasteiger partial charge in [-0.1, -0.05) is 42.5 Å². The van der Waals surface area contributed by atoms with Gasteiger partial charge in [0.05, 0.1) is 17.9 Å². The molecule has 0 aromatic heterocycles. The van der Waals surface area contributed by atoms with Crippen molar-refractivity contribution in [1.82, 2.24) is 0 Å². The fourth-order valence-electron chi connectivity index (χ4n) is 5.25. The molecular formula is C29H29FN2O4. The van der Waals surface area contributed by atoms with Crippen molar-refractivity contribution in [3.63, 3.8) is 0 Å². The number of hydrogen-bond acceptors (Lipinski definition) is 3. The fourth-order valence-corrected chi connectivity index (χ4v) is 5.25. The summed E-state index contributed by atoms with van der Waals surface area (Å²) in [6, 6.07) is 20.0. The molecule has 0 radical (unpaired) electrons. The van der Waals surface area contributed by atoms with Gasteiger partial charge in [0.2, 0.25) is 0 Å². The summed E-state index contributed by atoms with van der Waals surface area (Å²) in [6.07, 6.45) is 4.24. The molecular weight excluding hydrogens is 459 g/mol. The lowest BCUT2D eigenvalue weighted by Crippen LogP contribution is -2.40. The maximum absolute atomic E-state index is 14.0. The number of rotatable bonds is 5. The van der Waals surface area contributed by atoms with Crippen molar-refractivity contribution < 1.29 is 23.8 Å². The van der Waals surface area contributed by atoms with Crippen molar-refractivity contribution in [2.24, 2.45) is 5.92 Å². The largest absolute Gasteiger partial charge is 0.490 e. The molecule has 3 aromatic rings. The van der Waals surface area contributed by atoms with Gasteiger partial charge in [-0.15, -0.1) is 0 Å². The number of nitrogens with one attached hydrogen (secondary N) is 1. The number of carbonyl (C=O) groups is 2. The van der Waals surface area contributed by atoms with Crippen molar-refractivity contribution in [3.05, 3.63) is 78.1 Å². The number of fused-ring (bicyclic) bond motifs is 1. The maximum atomic E-state index is 14.0. The van der Waals surface area contributed by atoms with Gasteiger partial charge in [0.15, 0.2) is 0 Å². The first-order valence-corrected chi connectivity index (χ1v) is 12.4. The van der Waals surface area contributed by atoms with E-state index in [4.69, 9.17) is 9.84 Å². The molecule has 0 bridgehead atoms. The molecule has 0 saturated heterocycles. The summed E-state index contributed by atoms with van der Waals surface area (Å²) >= 11 is 0. The Morgan fingerprint density at radius 3 is 2.42 bits per heavy atom. The van der Waals surface area contributed by atoms with E-state index in [0.717, 1.165) is 36.8 Å². The number of amides is 2. The lowest BCUT2D eigenvalue weighted by atomic mass is 9.77. The molecule has 6 nitrogen and oxygen atoms in total. The molecule has 1 saturated carbocycles. The van der Waals surface area contributed by atoms with Gasteiger partial charge in [-0.05, 0) is 78.5 Å². The van der Waals surface area contributed by atoms with E-state index in [2.05, 4.69) is 29.6 Å². The van der Waals surface area contributed by atoms with Gasteiger partial charge >= 0.3 is 12.0 Å². The zero-order chi connectivity index (χ0) is 25.1. The topological polar surface area (TPSA) is 78.9 Å². The van der Waals surface area contributed by atoms with Crippen molar-refractivity contribution in [2.75, 3.05) is 23.4 Å². The predicted octanol–water partition coefficient (Wildman–Crippen LogP) is 6.67. The molecule has 1 aliphatic heterocycles. The number of carboxylic acids is 1. The molecule has 3 aromatic carbocycles. The van der Waals surface area contributed by atoms with Gasteiger partial charge in [-0.25, -0.2) is 9.18 Å². The summed E-state index contributed by atoms with van der Waals surface area (Å²) in [5.41, 5.74) is 4.12. The molecule has 0 atom stereocenters. The van der Waals surface area contributed by atoms with Crippen LogP contribution < -0.4 is 15.0 Å². The Bertz CT molecular complexity index is 1250. The highest BCUT2D eigenvalue weighted by molar-refractivity contribution is 6.03. The number of carboxylic acid groups (broad SMARTS) is 1. The molecule has 36 heavy (non-hydrogen) atoms. The lowest BCUT2D eigenvalue weighted by molar-refractivity contribution is -0.138. The number of aliphatic carboxylic acids is 1. The number of nitrogens with zero attached hydrogens (tertiary/aromatic N) is 1. The van der Waals surface area contributed by atoms with Crippen LogP contribution in [0, 0.1) is 11.7 Å². The Kier molecular flexibility index (Phi) is 6.89. The average Bonchev–Trinajstić information content (AvgIpc) is 2.89. The zero-order valence-electron chi connectivity index (χ0n) is 20.0. The standard InChI is InChI=1S/C29H29FN2O4/c30-24-3-1-2-4-25(24)31-29(35)32-15-16-36-27-18-23(13-14-26(27)32)22-11-9-21(10-12-22)20-7-5-19(6-8-20)17-28(33)34/h1-4,9-14,18-20H,5-8,15-17H2,(H,31,35)(H,33,34)/t19-,20-. The van der Waals surface area contributed by atoms with Gasteiger partial charge in [-0.2, -0.15) is 0 Å². The molecule has 0 unspecified atom stereocenters. The number of urea groups is 1. The Morgan fingerprint density at radius 2 is 1.69 bits per heavy atom. The molecule has 2 aliphatic rings. The molecule has 186 valence electrons. The van der Waals surface area contributed by atoms with Gasteiger partial charge in [-0.3, -0.25) is 9.69 Å². The van der Waals surface area contributed by atoms with E-state index in [-0.39, 0.29) is 12.1 Å². The highest BCUT2D eigenvalue weighted by Gasteiger charge is 2.26. The molecule has 5 rings (SSSR count). The molecule has 7 heteroatoms. The Morgan fingerprint density at radius 1 is 0.972 bits per heavy atom. The summed E-state index contributed by atoms with van der Waals surface area (Å²) in [4.78, 5) is 25.4. The SMILES string of the molecule is O=C(O)C[C@H]1CC[C@H](c2ccc(-c3ccc4c(c3)OCCN4C(=O)Nc3ccccc3F)cc2)CC1. The Balaban J connectivity index is 1.27.